The number of hydrogen-bond donors (Lipinski definition) is 0. The molecule has 0 N–H and O–H groups in total. The van der Waals surface area contributed by atoms with E-state index in [4.69, 9.17) is 5.26 Å². The number of rotatable bonds is 4. The zero-order chi connectivity index (χ0) is 14.5. The summed E-state index contributed by atoms with van der Waals surface area (Å²) in [5.41, 5.74) is 1.74. The number of nitriles is 1. The predicted octanol–water partition coefficient (Wildman–Crippen LogP) is 3.86. The highest BCUT2D eigenvalue weighted by Crippen LogP contribution is 2.20. The van der Waals surface area contributed by atoms with Crippen LogP contribution in [-0.2, 0) is 6.54 Å². The van der Waals surface area contributed by atoms with Crippen LogP contribution in [0.2, 0.25) is 0 Å². The lowest BCUT2D eigenvalue weighted by Gasteiger charge is -2.23. The molecule has 0 aliphatic carbocycles. The Morgan fingerprint density at radius 1 is 1.10 bits per heavy atom. The van der Waals surface area contributed by atoms with Crippen LogP contribution in [-0.4, -0.2) is 6.54 Å². The molecule has 0 heterocycles. The Labute approximate surface area is 116 Å². The maximum Gasteiger partial charge on any atom is 0.125 e. The first-order chi connectivity index (χ1) is 9.63. The highest BCUT2D eigenvalue weighted by atomic mass is 19.1. The van der Waals surface area contributed by atoms with Crippen LogP contribution in [0.25, 0.3) is 0 Å². The summed E-state index contributed by atoms with van der Waals surface area (Å²) in [4.78, 5) is 1.89. The van der Waals surface area contributed by atoms with Crippen LogP contribution in [0, 0.1) is 23.0 Å². The largest absolute Gasteiger partial charge is 0.367 e. The van der Waals surface area contributed by atoms with Gasteiger partial charge in [-0.15, -0.1) is 0 Å². The fraction of sp³-hybridized carbons (Fsp3) is 0.188. The average Bonchev–Trinajstić information content (AvgIpc) is 2.45. The standard InChI is InChI=1S/C16H14F2N2/c1-2-20(16-5-3-4-14(17)9-16)11-13-8-15(18)7-6-12(13)10-19/h3-9H,2,11H2,1H3. The molecule has 0 aromatic heterocycles. The maximum atomic E-state index is 13.3. The molecule has 0 saturated heterocycles. The summed E-state index contributed by atoms with van der Waals surface area (Å²) in [6.07, 6.45) is 0. The number of nitrogens with zero attached hydrogens (tertiary/aromatic N) is 2. The quantitative estimate of drug-likeness (QED) is 0.845. The monoisotopic (exact) mass is 272 g/mol. The minimum absolute atomic E-state index is 0.319. The van der Waals surface area contributed by atoms with E-state index in [1.54, 1.807) is 12.1 Å². The first-order valence-corrected chi connectivity index (χ1v) is 6.33. The zero-order valence-electron chi connectivity index (χ0n) is 11.1. The lowest BCUT2D eigenvalue weighted by atomic mass is 10.1. The van der Waals surface area contributed by atoms with Crippen LogP contribution >= 0.6 is 0 Å². The van der Waals surface area contributed by atoms with Gasteiger partial charge in [0.15, 0.2) is 0 Å². The van der Waals surface area contributed by atoms with Gasteiger partial charge in [0.2, 0.25) is 0 Å². The van der Waals surface area contributed by atoms with Crippen molar-refractivity contribution in [2.75, 3.05) is 11.4 Å². The van der Waals surface area contributed by atoms with Gasteiger partial charge in [-0.05, 0) is 48.9 Å². The Morgan fingerprint density at radius 3 is 2.50 bits per heavy atom. The van der Waals surface area contributed by atoms with Crippen molar-refractivity contribution >= 4 is 5.69 Å². The summed E-state index contributed by atoms with van der Waals surface area (Å²) < 4.78 is 26.6. The van der Waals surface area contributed by atoms with Gasteiger partial charge in [-0.1, -0.05) is 6.07 Å². The fourth-order valence-corrected chi connectivity index (χ4v) is 2.07. The molecule has 102 valence electrons. The van der Waals surface area contributed by atoms with Crippen LogP contribution in [0.1, 0.15) is 18.1 Å². The Bertz CT molecular complexity index is 647. The molecule has 0 radical (unpaired) electrons. The molecule has 2 aromatic rings. The molecule has 2 rings (SSSR count). The van der Waals surface area contributed by atoms with Crippen LogP contribution < -0.4 is 4.90 Å². The molecule has 0 fully saturated rings. The molecule has 2 nitrogen and oxygen atoms in total. The number of benzene rings is 2. The zero-order valence-corrected chi connectivity index (χ0v) is 11.1. The van der Waals surface area contributed by atoms with Crippen LogP contribution in [0.4, 0.5) is 14.5 Å². The highest BCUT2D eigenvalue weighted by molar-refractivity contribution is 5.49. The molecule has 2 aromatic carbocycles. The lowest BCUT2D eigenvalue weighted by molar-refractivity contribution is 0.622. The van der Waals surface area contributed by atoms with Crippen LogP contribution in [0.5, 0.6) is 0 Å². The molecular formula is C16H14F2N2. The Kier molecular flexibility index (Phi) is 4.31. The summed E-state index contributed by atoms with van der Waals surface area (Å²) in [6, 6.07) is 12.3. The van der Waals surface area contributed by atoms with Crippen molar-refractivity contribution < 1.29 is 8.78 Å². The molecule has 0 aliphatic heterocycles. The van der Waals surface area contributed by atoms with E-state index in [1.807, 2.05) is 17.9 Å². The molecule has 0 bridgehead atoms. The van der Waals surface area contributed by atoms with Crippen molar-refractivity contribution in [1.82, 2.24) is 0 Å². The molecule has 0 amide bonds. The lowest BCUT2D eigenvalue weighted by Crippen LogP contribution is -2.22. The van der Waals surface area contributed by atoms with Crippen molar-refractivity contribution in [3.8, 4) is 6.07 Å². The Balaban J connectivity index is 2.31. The number of anilines is 1. The summed E-state index contributed by atoms with van der Waals surface area (Å²) in [5.74, 6) is -0.699. The van der Waals surface area contributed by atoms with Gasteiger partial charge < -0.3 is 4.90 Å². The molecular weight excluding hydrogens is 258 g/mol. The second-order valence-corrected chi connectivity index (χ2v) is 4.41. The van der Waals surface area contributed by atoms with Gasteiger partial charge in [-0.2, -0.15) is 5.26 Å². The molecule has 0 aliphatic rings. The molecule has 0 atom stereocenters. The minimum Gasteiger partial charge on any atom is -0.367 e. The number of halogens is 2. The first-order valence-electron chi connectivity index (χ1n) is 6.33. The van der Waals surface area contributed by atoms with Crippen LogP contribution in [0.15, 0.2) is 42.5 Å². The van der Waals surface area contributed by atoms with Crippen molar-refractivity contribution in [3.63, 3.8) is 0 Å². The summed E-state index contributed by atoms with van der Waals surface area (Å²) in [6.45, 7) is 2.92. The van der Waals surface area contributed by atoms with Gasteiger partial charge >= 0.3 is 0 Å². The minimum atomic E-state index is -0.380. The first kappa shape index (κ1) is 14.0. The smallest absolute Gasteiger partial charge is 0.125 e. The topological polar surface area (TPSA) is 27.0 Å². The molecule has 20 heavy (non-hydrogen) atoms. The molecule has 0 spiro atoms. The molecule has 4 heteroatoms. The fourth-order valence-electron chi connectivity index (χ4n) is 2.07. The highest BCUT2D eigenvalue weighted by Gasteiger charge is 2.10. The van der Waals surface area contributed by atoms with Crippen molar-refractivity contribution in [2.45, 2.75) is 13.5 Å². The maximum absolute atomic E-state index is 13.3. The Hall–Kier alpha value is -2.41. The van der Waals surface area contributed by atoms with Crippen molar-refractivity contribution in [1.29, 1.82) is 5.26 Å². The second kappa shape index (κ2) is 6.16. The summed E-state index contributed by atoms with van der Waals surface area (Å²) in [5, 5.41) is 9.06. The number of hydrogen-bond acceptors (Lipinski definition) is 2. The van der Waals surface area contributed by atoms with E-state index in [2.05, 4.69) is 0 Å². The third kappa shape index (κ3) is 3.12. The predicted molar refractivity (Wildman–Crippen MR) is 74.2 cm³/mol. The van der Waals surface area contributed by atoms with Crippen LogP contribution in [0.3, 0.4) is 0 Å². The van der Waals surface area contributed by atoms with E-state index in [0.29, 0.717) is 29.9 Å². The van der Waals surface area contributed by atoms with Gasteiger partial charge in [0, 0.05) is 18.8 Å². The third-order valence-electron chi connectivity index (χ3n) is 3.10. The van der Waals surface area contributed by atoms with E-state index in [-0.39, 0.29) is 11.6 Å². The van der Waals surface area contributed by atoms with E-state index < -0.39 is 0 Å². The summed E-state index contributed by atoms with van der Waals surface area (Å²) >= 11 is 0. The average molecular weight is 272 g/mol. The van der Waals surface area contributed by atoms with Gasteiger partial charge in [0.1, 0.15) is 11.6 Å². The van der Waals surface area contributed by atoms with E-state index in [9.17, 15) is 8.78 Å². The third-order valence-corrected chi connectivity index (χ3v) is 3.10. The molecule has 0 saturated carbocycles. The van der Waals surface area contributed by atoms with Gasteiger partial charge in [-0.3, -0.25) is 0 Å². The second-order valence-electron chi connectivity index (χ2n) is 4.41. The van der Waals surface area contributed by atoms with Crippen molar-refractivity contribution in [2.24, 2.45) is 0 Å². The van der Waals surface area contributed by atoms with Gasteiger partial charge in [-0.25, -0.2) is 8.78 Å². The summed E-state index contributed by atoms with van der Waals surface area (Å²) in [7, 11) is 0. The van der Waals surface area contributed by atoms with E-state index in [0.717, 1.165) is 0 Å². The van der Waals surface area contributed by atoms with Gasteiger partial charge in [0.25, 0.3) is 0 Å². The van der Waals surface area contributed by atoms with E-state index in [1.165, 1.54) is 30.3 Å². The SMILES string of the molecule is CCN(Cc1cc(F)ccc1C#N)c1cccc(F)c1. The van der Waals surface area contributed by atoms with Gasteiger partial charge in [0.05, 0.1) is 11.6 Å². The van der Waals surface area contributed by atoms with E-state index >= 15 is 0 Å². The molecule has 0 unspecified atom stereocenters. The normalized spacial score (nSPS) is 10.1. The van der Waals surface area contributed by atoms with Crippen molar-refractivity contribution in [3.05, 3.63) is 65.2 Å². The Morgan fingerprint density at radius 2 is 1.85 bits per heavy atom.